The van der Waals surface area contributed by atoms with Gasteiger partial charge < -0.3 is 0 Å². The normalized spacial score (nSPS) is 10.4. The quantitative estimate of drug-likeness (QED) is 0.691. The van der Waals surface area contributed by atoms with Gasteiger partial charge in [-0.3, -0.25) is 19.0 Å². The second-order valence-corrected chi connectivity index (χ2v) is 3.50. The molecule has 0 radical (unpaired) electrons. The molecule has 4 heteroatoms. The van der Waals surface area contributed by atoms with Crippen LogP contribution in [0, 0.1) is 6.92 Å². The number of ketones is 2. The summed E-state index contributed by atoms with van der Waals surface area (Å²) in [5.74, 6) is -0.641. The lowest BCUT2D eigenvalue weighted by atomic mass is 10.1. The zero-order valence-corrected chi connectivity index (χ0v) is 8.98. The summed E-state index contributed by atoms with van der Waals surface area (Å²) in [7, 11) is 0. The lowest BCUT2D eigenvalue weighted by molar-refractivity contribution is -0.129. The highest BCUT2D eigenvalue weighted by Gasteiger charge is 2.23. The van der Waals surface area contributed by atoms with Gasteiger partial charge in [0, 0.05) is 11.8 Å². The fourth-order valence-electron chi connectivity index (χ4n) is 1.58. The summed E-state index contributed by atoms with van der Waals surface area (Å²) in [5, 5.41) is 0. The minimum absolute atomic E-state index is 0.320. The lowest BCUT2D eigenvalue weighted by Gasteiger charge is -2.16. The highest BCUT2D eigenvalue weighted by atomic mass is 16.2. The maximum atomic E-state index is 11.5. The summed E-state index contributed by atoms with van der Waals surface area (Å²) in [6.45, 7) is 4.32. The number of hydrogen-bond acceptors (Lipinski definition) is 3. The van der Waals surface area contributed by atoms with Crippen molar-refractivity contribution in [2.45, 2.75) is 26.8 Å². The minimum atomic E-state index is -0.987. The maximum Gasteiger partial charge on any atom is 0.251 e. The smallest absolute Gasteiger partial charge is 0.251 e. The fraction of sp³-hybridized carbons (Fsp3) is 0.364. The van der Waals surface area contributed by atoms with Crippen LogP contribution < -0.4 is 5.56 Å². The van der Waals surface area contributed by atoms with Crippen molar-refractivity contribution in [2.24, 2.45) is 0 Å². The fourth-order valence-corrected chi connectivity index (χ4v) is 1.58. The first-order valence-corrected chi connectivity index (χ1v) is 4.64. The number of carbonyl (C=O) groups excluding carboxylic acids is 2. The van der Waals surface area contributed by atoms with Gasteiger partial charge in [0.05, 0.1) is 0 Å². The molecule has 1 aromatic rings. The van der Waals surface area contributed by atoms with E-state index in [1.165, 1.54) is 24.5 Å². The van der Waals surface area contributed by atoms with Gasteiger partial charge in [-0.15, -0.1) is 0 Å². The molecule has 0 saturated carbocycles. The Bertz CT molecular complexity index is 445. The lowest BCUT2D eigenvalue weighted by Crippen LogP contribution is -2.34. The van der Waals surface area contributed by atoms with Gasteiger partial charge in [-0.2, -0.15) is 0 Å². The van der Waals surface area contributed by atoms with Crippen molar-refractivity contribution in [3.63, 3.8) is 0 Å². The average molecular weight is 207 g/mol. The number of aromatic nitrogens is 1. The SMILES string of the molecule is CC(=O)C(C(C)=O)n1c(C)cccc1=O. The van der Waals surface area contributed by atoms with Crippen molar-refractivity contribution in [3.8, 4) is 0 Å². The van der Waals surface area contributed by atoms with Crippen LogP contribution in [-0.4, -0.2) is 16.1 Å². The molecule has 80 valence electrons. The second kappa shape index (κ2) is 4.21. The van der Waals surface area contributed by atoms with Crippen molar-refractivity contribution in [1.29, 1.82) is 0 Å². The Labute approximate surface area is 87.5 Å². The zero-order valence-electron chi connectivity index (χ0n) is 8.98. The third kappa shape index (κ3) is 2.21. The van der Waals surface area contributed by atoms with Gasteiger partial charge in [-0.1, -0.05) is 6.07 Å². The van der Waals surface area contributed by atoms with E-state index in [9.17, 15) is 14.4 Å². The predicted molar refractivity (Wildman–Crippen MR) is 55.8 cm³/mol. The number of hydrogen-bond donors (Lipinski definition) is 0. The number of carbonyl (C=O) groups is 2. The summed E-state index contributed by atoms with van der Waals surface area (Å²) >= 11 is 0. The molecule has 0 atom stereocenters. The molecular formula is C11H13NO3. The van der Waals surface area contributed by atoms with Crippen LogP contribution in [0.1, 0.15) is 25.6 Å². The van der Waals surface area contributed by atoms with Gasteiger partial charge in [0.25, 0.3) is 5.56 Å². The van der Waals surface area contributed by atoms with Crippen LogP contribution in [0.5, 0.6) is 0 Å². The molecular weight excluding hydrogens is 194 g/mol. The van der Waals surface area contributed by atoms with Crippen molar-refractivity contribution < 1.29 is 9.59 Å². The van der Waals surface area contributed by atoms with Crippen molar-refractivity contribution in [1.82, 2.24) is 4.57 Å². The first-order valence-electron chi connectivity index (χ1n) is 4.64. The minimum Gasteiger partial charge on any atom is -0.297 e. The van der Waals surface area contributed by atoms with Crippen LogP contribution in [0.2, 0.25) is 0 Å². The zero-order chi connectivity index (χ0) is 11.6. The summed E-state index contributed by atoms with van der Waals surface area (Å²) in [6, 6.07) is 3.65. The van der Waals surface area contributed by atoms with E-state index in [1.807, 2.05) is 0 Å². The van der Waals surface area contributed by atoms with E-state index in [1.54, 1.807) is 19.1 Å². The topological polar surface area (TPSA) is 56.1 Å². The molecule has 0 N–H and O–H groups in total. The summed E-state index contributed by atoms with van der Waals surface area (Å²) in [6.07, 6.45) is 0. The van der Waals surface area contributed by atoms with Gasteiger partial charge in [0.2, 0.25) is 0 Å². The van der Waals surface area contributed by atoms with E-state index in [0.717, 1.165) is 0 Å². The molecule has 15 heavy (non-hydrogen) atoms. The largest absolute Gasteiger partial charge is 0.297 e. The van der Waals surface area contributed by atoms with E-state index in [4.69, 9.17) is 0 Å². The Balaban J connectivity index is 3.42. The molecule has 0 aliphatic heterocycles. The van der Waals surface area contributed by atoms with Gasteiger partial charge in [-0.25, -0.2) is 0 Å². The Morgan fingerprint density at radius 1 is 1.20 bits per heavy atom. The molecule has 0 aromatic carbocycles. The Kier molecular flexibility index (Phi) is 3.19. The summed E-state index contributed by atoms with van der Waals surface area (Å²) < 4.78 is 1.23. The monoisotopic (exact) mass is 207 g/mol. The second-order valence-electron chi connectivity index (χ2n) is 3.50. The summed E-state index contributed by atoms with van der Waals surface area (Å²) in [5.41, 5.74) is 0.281. The molecule has 1 aromatic heterocycles. The van der Waals surface area contributed by atoms with Crippen LogP contribution >= 0.6 is 0 Å². The van der Waals surface area contributed by atoms with Gasteiger partial charge in [-0.05, 0) is 26.8 Å². The number of rotatable bonds is 3. The molecule has 0 saturated heterocycles. The summed E-state index contributed by atoms with van der Waals surface area (Å²) in [4.78, 5) is 34.2. The van der Waals surface area contributed by atoms with Crippen LogP contribution in [0.4, 0.5) is 0 Å². The first kappa shape index (κ1) is 11.4. The molecule has 0 aliphatic rings. The average Bonchev–Trinajstić information content (AvgIpc) is 2.09. The van der Waals surface area contributed by atoms with E-state index < -0.39 is 6.04 Å². The number of Topliss-reactive ketones (excluding diaryl/α,β-unsaturated/α-hetero) is 2. The van der Waals surface area contributed by atoms with Crippen molar-refractivity contribution in [2.75, 3.05) is 0 Å². The van der Waals surface area contributed by atoms with E-state index in [-0.39, 0.29) is 17.1 Å². The van der Waals surface area contributed by atoms with Crippen molar-refractivity contribution in [3.05, 3.63) is 34.2 Å². The highest BCUT2D eigenvalue weighted by Crippen LogP contribution is 2.09. The van der Waals surface area contributed by atoms with Gasteiger partial charge in [0.15, 0.2) is 17.6 Å². The number of nitrogens with zero attached hydrogens (tertiary/aromatic N) is 1. The molecule has 0 unspecified atom stereocenters. The number of pyridine rings is 1. The van der Waals surface area contributed by atoms with E-state index in [2.05, 4.69) is 0 Å². The number of aryl methyl sites for hydroxylation is 1. The van der Waals surface area contributed by atoms with Gasteiger partial charge >= 0.3 is 0 Å². The molecule has 0 aliphatic carbocycles. The maximum absolute atomic E-state index is 11.5. The molecule has 1 heterocycles. The highest BCUT2D eigenvalue weighted by molar-refractivity contribution is 6.02. The Morgan fingerprint density at radius 3 is 2.13 bits per heavy atom. The third-order valence-corrected chi connectivity index (χ3v) is 2.22. The molecule has 0 fully saturated rings. The van der Waals surface area contributed by atoms with Crippen LogP contribution in [0.15, 0.2) is 23.0 Å². The van der Waals surface area contributed by atoms with Crippen LogP contribution in [0.3, 0.4) is 0 Å². The molecule has 0 amide bonds. The molecule has 0 bridgehead atoms. The van der Waals surface area contributed by atoms with Gasteiger partial charge in [0.1, 0.15) is 0 Å². The standard InChI is InChI=1S/C11H13NO3/c1-7-5-4-6-10(15)12(7)11(8(2)13)9(3)14/h4-6,11H,1-3H3. The Hall–Kier alpha value is -1.71. The van der Waals surface area contributed by atoms with Crippen molar-refractivity contribution >= 4 is 11.6 Å². The first-order chi connectivity index (χ1) is 6.95. The molecule has 0 spiro atoms. The molecule has 1 rings (SSSR count). The third-order valence-electron chi connectivity index (χ3n) is 2.22. The van der Waals surface area contributed by atoms with Crippen LogP contribution in [0.25, 0.3) is 0 Å². The predicted octanol–water partition coefficient (Wildman–Crippen LogP) is 0.876. The van der Waals surface area contributed by atoms with E-state index in [0.29, 0.717) is 5.69 Å². The Morgan fingerprint density at radius 2 is 1.73 bits per heavy atom. The van der Waals surface area contributed by atoms with E-state index >= 15 is 0 Å². The molecule has 4 nitrogen and oxygen atoms in total. The van der Waals surface area contributed by atoms with Crippen LogP contribution in [-0.2, 0) is 9.59 Å².